The molecule has 0 bridgehead atoms. The van der Waals surface area contributed by atoms with E-state index < -0.39 is 0 Å². The van der Waals surface area contributed by atoms with Crippen molar-refractivity contribution in [3.63, 3.8) is 0 Å². The van der Waals surface area contributed by atoms with Crippen LogP contribution in [0.25, 0.3) is 0 Å². The van der Waals surface area contributed by atoms with E-state index in [4.69, 9.17) is 18.9 Å². The SMILES string of the molecule is COC(=O)C[C@H]1CCC([C@H]2CC[C@H]([C@H](C)CCC[C@H](C)CC[C@@H](CC[C@H](CC[C@@H](C)CCC[C@@H](C)[C@H]3CC[C@H](C4CC[C@H](CC(=O)OC)C4)C3)CC(C)C[C@@H](C)[C@H]3CC[C@H](C4CC[C@H](CC(=O)OC)C4)C3)CC(C)C[C@@H](C)[C@H]3CC[C@H](C4CC[C@H](COC(C)=O)C4)C3)C2)C1. The Morgan fingerprint density at radius 3 is 0.926 bits per heavy atom. The van der Waals surface area contributed by atoms with Gasteiger partial charge in [0.05, 0.1) is 27.9 Å². The van der Waals surface area contributed by atoms with E-state index in [1.54, 1.807) is 28.3 Å². The van der Waals surface area contributed by atoms with Crippen LogP contribution in [-0.4, -0.2) is 51.8 Å². The van der Waals surface area contributed by atoms with Crippen LogP contribution >= 0.6 is 0 Å². The first kappa shape index (κ1) is 77.6. The molecule has 94 heavy (non-hydrogen) atoms. The molecule has 8 rings (SSSR count). The van der Waals surface area contributed by atoms with Crippen LogP contribution < -0.4 is 0 Å². The van der Waals surface area contributed by atoms with Crippen LogP contribution in [0, 0.1) is 154 Å². The summed E-state index contributed by atoms with van der Waals surface area (Å²) in [5.74, 6) is 20.4. The van der Waals surface area contributed by atoms with Gasteiger partial charge in [0.25, 0.3) is 0 Å². The van der Waals surface area contributed by atoms with Crippen molar-refractivity contribution in [2.45, 2.75) is 338 Å². The number of esters is 4. The zero-order valence-corrected chi connectivity index (χ0v) is 63.4. The maximum Gasteiger partial charge on any atom is 0.305 e. The van der Waals surface area contributed by atoms with E-state index in [-0.39, 0.29) is 23.9 Å². The minimum atomic E-state index is -0.122. The fourth-order valence-corrected chi connectivity index (χ4v) is 23.7. The summed E-state index contributed by atoms with van der Waals surface area (Å²) in [4.78, 5) is 47.9. The molecule has 0 heterocycles. The molecule has 8 aliphatic carbocycles. The molecular formula is C86H150O8. The fraction of sp³-hybridized carbons (Fsp3) is 0.953. The Kier molecular flexibility index (Phi) is 32.8. The highest BCUT2D eigenvalue weighted by Crippen LogP contribution is 2.53. The highest BCUT2D eigenvalue weighted by Gasteiger charge is 2.42. The van der Waals surface area contributed by atoms with E-state index in [1.807, 2.05) is 0 Å². The largest absolute Gasteiger partial charge is 0.469 e. The van der Waals surface area contributed by atoms with E-state index in [1.165, 1.54) is 257 Å². The number of hydrogen-bond acceptors (Lipinski definition) is 8. The maximum atomic E-state index is 12.2. The molecule has 0 saturated heterocycles. The zero-order chi connectivity index (χ0) is 67.3. The van der Waals surface area contributed by atoms with Gasteiger partial charge >= 0.3 is 23.9 Å². The van der Waals surface area contributed by atoms with Crippen LogP contribution in [0.1, 0.15) is 338 Å². The lowest BCUT2D eigenvalue weighted by Gasteiger charge is -2.30. The monoisotopic (exact) mass is 1310 g/mol. The standard InChI is InChI=1S/C86H150O8/c1-57(15-13-17-61(5)72-33-37-80(52-72)76-29-25-68(45-76)49-84(88)91-10)19-21-66(43-59(3)41-63(7)74-35-39-82(54-74)78-31-27-70(47-78)51-86(90)93-12)23-24-67(44-60(4)42-64(8)75-36-40-83(55-75)79-32-28-71(48-79)56-94-65(9)87)22-20-58(2)16-14-18-62(6)73-34-38-81(53-73)77-30-26-69(46-77)50-85(89)92-11/h57-64,66-83H,13-56H2,1-12H3/t57-,58-,59?,60?,61+,62+,63+,64+,66-,67-,68-,69-,70-,71-,72-,73-,74-,75-,76?,77?,78?,79?,80-,81-,82-,83-/m0/s1. The predicted octanol–water partition coefficient (Wildman–Crippen LogP) is 23.1. The highest BCUT2D eigenvalue weighted by molar-refractivity contribution is 5.70. The van der Waals surface area contributed by atoms with Crippen molar-refractivity contribution in [3.05, 3.63) is 0 Å². The van der Waals surface area contributed by atoms with Crippen molar-refractivity contribution in [1.82, 2.24) is 0 Å². The highest BCUT2D eigenvalue weighted by atomic mass is 16.5. The van der Waals surface area contributed by atoms with Crippen molar-refractivity contribution in [2.24, 2.45) is 154 Å². The van der Waals surface area contributed by atoms with Gasteiger partial charge in [0.2, 0.25) is 0 Å². The first-order valence-corrected chi connectivity index (χ1v) is 41.5. The molecule has 8 heteroatoms. The second-order valence-electron chi connectivity index (χ2n) is 36.8. The van der Waals surface area contributed by atoms with Gasteiger partial charge in [0.15, 0.2) is 0 Å². The van der Waals surface area contributed by atoms with Crippen LogP contribution in [0.4, 0.5) is 0 Å². The third-order valence-electron chi connectivity index (χ3n) is 29.7. The minimum Gasteiger partial charge on any atom is -0.469 e. The lowest BCUT2D eigenvalue weighted by Crippen LogP contribution is -2.18. The molecule has 0 aromatic rings. The summed E-state index contributed by atoms with van der Waals surface area (Å²) in [7, 11) is 4.64. The number of ether oxygens (including phenoxy) is 4. The summed E-state index contributed by atoms with van der Waals surface area (Å²) in [6, 6.07) is 0. The van der Waals surface area contributed by atoms with Gasteiger partial charge in [-0.1, -0.05) is 132 Å². The van der Waals surface area contributed by atoms with Crippen LogP contribution in [-0.2, 0) is 38.1 Å². The Hall–Kier alpha value is -2.12. The van der Waals surface area contributed by atoms with Crippen molar-refractivity contribution < 1.29 is 38.1 Å². The van der Waals surface area contributed by atoms with Gasteiger partial charge in [-0.25, -0.2) is 0 Å². The lowest BCUT2D eigenvalue weighted by molar-refractivity contribution is -0.143. The Morgan fingerprint density at radius 2 is 0.596 bits per heavy atom. The normalized spacial score (nSPS) is 34.4. The van der Waals surface area contributed by atoms with E-state index >= 15 is 0 Å². The van der Waals surface area contributed by atoms with Gasteiger partial charge in [0.1, 0.15) is 0 Å². The number of carbonyl (C=O) groups excluding carboxylic acids is 4. The second-order valence-corrected chi connectivity index (χ2v) is 36.8. The Balaban J connectivity index is 0.851. The van der Waals surface area contributed by atoms with Gasteiger partial charge in [-0.3, -0.25) is 19.2 Å². The Bertz CT molecular complexity index is 2190. The summed E-state index contributed by atoms with van der Waals surface area (Å²) in [5.41, 5.74) is 0. The molecule has 0 aliphatic heterocycles. The molecule has 0 spiro atoms. The van der Waals surface area contributed by atoms with Crippen LogP contribution in [0.3, 0.4) is 0 Å². The number of methoxy groups -OCH3 is 3. The van der Waals surface area contributed by atoms with E-state index in [0.29, 0.717) is 49.5 Å². The molecule has 8 fully saturated rings. The molecule has 0 aromatic carbocycles. The van der Waals surface area contributed by atoms with Gasteiger partial charge in [-0.05, 0) is 334 Å². The molecule has 26 atom stereocenters. The van der Waals surface area contributed by atoms with Crippen molar-refractivity contribution in [2.75, 3.05) is 27.9 Å². The molecule has 0 amide bonds. The van der Waals surface area contributed by atoms with E-state index in [9.17, 15) is 19.2 Å². The summed E-state index contributed by atoms with van der Waals surface area (Å²) in [5, 5.41) is 0. The molecule has 8 aliphatic rings. The zero-order valence-electron chi connectivity index (χ0n) is 63.4. The summed E-state index contributed by atoms with van der Waals surface area (Å²) < 4.78 is 20.7. The molecule has 8 nitrogen and oxygen atoms in total. The average molecular weight is 1310 g/mol. The van der Waals surface area contributed by atoms with Gasteiger partial charge < -0.3 is 18.9 Å². The molecule has 0 N–H and O–H groups in total. The van der Waals surface area contributed by atoms with Gasteiger partial charge in [-0.15, -0.1) is 0 Å². The number of carbonyl (C=O) groups is 4. The summed E-state index contributed by atoms with van der Waals surface area (Å²) in [6.07, 6.45) is 56.5. The number of hydrogen-bond donors (Lipinski definition) is 0. The second kappa shape index (κ2) is 39.8. The topological polar surface area (TPSA) is 105 Å². The fourth-order valence-electron chi connectivity index (χ4n) is 23.7. The molecule has 6 unspecified atom stereocenters. The van der Waals surface area contributed by atoms with E-state index in [2.05, 4.69) is 55.4 Å². The third-order valence-corrected chi connectivity index (χ3v) is 29.7. The first-order chi connectivity index (χ1) is 45.2. The lowest BCUT2D eigenvalue weighted by atomic mass is 9.76. The van der Waals surface area contributed by atoms with Crippen LogP contribution in [0.5, 0.6) is 0 Å². The van der Waals surface area contributed by atoms with Gasteiger partial charge in [-0.2, -0.15) is 0 Å². The smallest absolute Gasteiger partial charge is 0.305 e. The molecule has 0 aromatic heterocycles. The predicted molar refractivity (Wildman–Crippen MR) is 387 cm³/mol. The van der Waals surface area contributed by atoms with Crippen molar-refractivity contribution >= 4 is 23.9 Å². The summed E-state index contributed by atoms with van der Waals surface area (Å²) >= 11 is 0. The molecule has 0 radical (unpaired) electrons. The Morgan fingerprint density at radius 1 is 0.309 bits per heavy atom. The number of rotatable bonds is 41. The third kappa shape index (κ3) is 25.2. The maximum absolute atomic E-state index is 12.2. The molecular weight excluding hydrogens is 1160 g/mol. The van der Waals surface area contributed by atoms with Crippen molar-refractivity contribution in [3.8, 4) is 0 Å². The molecule has 542 valence electrons. The minimum absolute atomic E-state index is 0.0151. The van der Waals surface area contributed by atoms with Gasteiger partial charge in [0, 0.05) is 26.2 Å². The molecule has 8 saturated carbocycles. The van der Waals surface area contributed by atoms with Crippen molar-refractivity contribution in [1.29, 1.82) is 0 Å². The van der Waals surface area contributed by atoms with Crippen LogP contribution in [0.2, 0.25) is 0 Å². The quantitative estimate of drug-likeness (QED) is 0.0440. The first-order valence-electron chi connectivity index (χ1n) is 41.5. The Labute approximate surface area is 579 Å². The van der Waals surface area contributed by atoms with E-state index in [0.717, 1.165) is 130 Å². The van der Waals surface area contributed by atoms with Crippen LogP contribution in [0.15, 0.2) is 0 Å². The summed E-state index contributed by atoms with van der Waals surface area (Å²) in [6.45, 7) is 23.2. The average Bonchev–Trinajstić information content (AvgIpc) is 1.80.